The first-order chi connectivity index (χ1) is 5.00. The van der Waals surface area contributed by atoms with Crippen LogP contribution in [-0.4, -0.2) is 10.2 Å². The Labute approximate surface area is 70.6 Å². The number of rotatable bonds is 1. The van der Waals surface area contributed by atoms with Gasteiger partial charge in [-0.1, -0.05) is 11.6 Å². The molecule has 0 aliphatic heterocycles. The lowest BCUT2D eigenvalue weighted by Crippen LogP contribution is -2.30. The van der Waals surface area contributed by atoms with Crippen molar-refractivity contribution in [1.29, 1.82) is 0 Å². The molecule has 0 unspecified atom stereocenters. The van der Waals surface area contributed by atoms with Gasteiger partial charge in [-0.25, -0.2) is 0 Å². The minimum Gasteiger partial charge on any atom is -0.321 e. The minimum atomic E-state index is -0.447. The van der Waals surface area contributed by atoms with Gasteiger partial charge in [-0.05, 0) is 26.0 Å². The van der Waals surface area contributed by atoms with E-state index in [4.69, 9.17) is 17.3 Å². The van der Waals surface area contributed by atoms with Crippen molar-refractivity contribution in [3.05, 3.63) is 23.0 Å². The predicted molar refractivity (Wildman–Crippen MR) is 44.3 cm³/mol. The lowest BCUT2D eigenvalue weighted by atomic mass is 10.0. The van der Waals surface area contributed by atoms with E-state index >= 15 is 0 Å². The standard InChI is InChI=1S/C7H10ClN3/c1-7(2,9)5-3-4-6(8)11-10-5/h3-4H,9H2,1-2H3. The summed E-state index contributed by atoms with van der Waals surface area (Å²) in [7, 11) is 0. The summed E-state index contributed by atoms with van der Waals surface area (Å²) in [4.78, 5) is 0. The largest absolute Gasteiger partial charge is 0.321 e. The number of hydrogen-bond donors (Lipinski definition) is 1. The van der Waals surface area contributed by atoms with Crippen molar-refractivity contribution in [2.75, 3.05) is 0 Å². The molecule has 0 aliphatic carbocycles. The van der Waals surface area contributed by atoms with E-state index in [0.717, 1.165) is 5.69 Å². The summed E-state index contributed by atoms with van der Waals surface area (Å²) in [5.41, 5.74) is 6.05. The lowest BCUT2D eigenvalue weighted by Gasteiger charge is -2.16. The molecule has 3 nitrogen and oxygen atoms in total. The molecule has 0 aromatic carbocycles. The van der Waals surface area contributed by atoms with Crippen LogP contribution in [0.15, 0.2) is 12.1 Å². The van der Waals surface area contributed by atoms with Crippen molar-refractivity contribution in [1.82, 2.24) is 10.2 Å². The first-order valence-corrected chi connectivity index (χ1v) is 3.66. The van der Waals surface area contributed by atoms with Crippen molar-refractivity contribution in [2.24, 2.45) is 5.73 Å². The Morgan fingerprint density at radius 1 is 1.36 bits per heavy atom. The van der Waals surface area contributed by atoms with E-state index in [2.05, 4.69) is 10.2 Å². The third kappa shape index (κ3) is 2.13. The second-order valence-electron chi connectivity index (χ2n) is 2.96. The minimum absolute atomic E-state index is 0.387. The third-order valence-electron chi connectivity index (χ3n) is 1.29. The predicted octanol–water partition coefficient (Wildman–Crippen LogP) is 1.32. The van der Waals surface area contributed by atoms with E-state index in [1.54, 1.807) is 12.1 Å². The maximum atomic E-state index is 5.76. The van der Waals surface area contributed by atoms with Crippen LogP contribution in [0.4, 0.5) is 0 Å². The lowest BCUT2D eigenvalue weighted by molar-refractivity contribution is 0.526. The van der Waals surface area contributed by atoms with Crippen molar-refractivity contribution in [3.8, 4) is 0 Å². The van der Waals surface area contributed by atoms with E-state index in [-0.39, 0.29) is 0 Å². The van der Waals surface area contributed by atoms with E-state index in [0.29, 0.717) is 5.15 Å². The van der Waals surface area contributed by atoms with Crippen LogP contribution in [0.25, 0.3) is 0 Å². The zero-order chi connectivity index (χ0) is 8.48. The van der Waals surface area contributed by atoms with Crippen LogP contribution in [0.5, 0.6) is 0 Å². The zero-order valence-corrected chi connectivity index (χ0v) is 7.26. The van der Waals surface area contributed by atoms with Gasteiger partial charge in [0, 0.05) is 0 Å². The molecule has 1 rings (SSSR count). The van der Waals surface area contributed by atoms with Crippen molar-refractivity contribution in [2.45, 2.75) is 19.4 Å². The van der Waals surface area contributed by atoms with Gasteiger partial charge in [-0.3, -0.25) is 0 Å². The average Bonchev–Trinajstić information content (AvgIpc) is 1.86. The Morgan fingerprint density at radius 2 is 2.00 bits per heavy atom. The maximum Gasteiger partial charge on any atom is 0.151 e. The Bertz CT molecular complexity index is 237. The van der Waals surface area contributed by atoms with Gasteiger partial charge in [-0.2, -0.15) is 5.10 Å². The normalized spacial score (nSPS) is 11.6. The third-order valence-corrected chi connectivity index (χ3v) is 1.49. The summed E-state index contributed by atoms with van der Waals surface area (Å²) in [6.07, 6.45) is 0. The van der Waals surface area contributed by atoms with Crippen LogP contribution in [0.1, 0.15) is 19.5 Å². The van der Waals surface area contributed by atoms with Crippen LogP contribution in [0, 0.1) is 0 Å². The number of nitrogens with zero attached hydrogens (tertiary/aromatic N) is 2. The fourth-order valence-electron chi connectivity index (χ4n) is 0.660. The highest BCUT2D eigenvalue weighted by Crippen LogP contribution is 2.13. The molecule has 0 fully saturated rings. The van der Waals surface area contributed by atoms with Gasteiger partial charge in [0.2, 0.25) is 0 Å². The summed E-state index contributed by atoms with van der Waals surface area (Å²) < 4.78 is 0. The number of halogens is 1. The summed E-state index contributed by atoms with van der Waals surface area (Å²) in [6.45, 7) is 3.73. The molecule has 0 spiro atoms. The monoisotopic (exact) mass is 171 g/mol. The second-order valence-corrected chi connectivity index (χ2v) is 3.35. The first kappa shape index (κ1) is 8.43. The molecule has 2 N–H and O–H groups in total. The Balaban J connectivity index is 2.99. The molecule has 0 saturated carbocycles. The molecule has 1 aromatic heterocycles. The van der Waals surface area contributed by atoms with Gasteiger partial charge in [0.1, 0.15) is 0 Å². The number of nitrogens with two attached hydrogens (primary N) is 1. The highest BCUT2D eigenvalue weighted by molar-refractivity contribution is 6.29. The molecule has 60 valence electrons. The molecule has 11 heavy (non-hydrogen) atoms. The van der Waals surface area contributed by atoms with Gasteiger partial charge in [-0.15, -0.1) is 5.10 Å². The fraction of sp³-hybridized carbons (Fsp3) is 0.429. The van der Waals surface area contributed by atoms with Crippen LogP contribution >= 0.6 is 11.6 Å². The molecule has 0 atom stereocenters. The molecule has 0 saturated heterocycles. The molecule has 4 heteroatoms. The summed E-state index contributed by atoms with van der Waals surface area (Å²) in [5.74, 6) is 0. The fourth-order valence-corrected chi connectivity index (χ4v) is 0.760. The van der Waals surface area contributed by atoms with Gasteiger partial charge in [0.25, 0.3) is 0 Å². The highest BCUT2D eigenvalue weighted by Gasteiger charge is 2.15. The summed E-state index contributed by atoms with van der Waals surface area (Å²) in [6, 6.07) is 3.45. The SMILES string of the molecule is CC(C)(N)c1ccc(Cl)nn1. The molecule has 0 amide bonds. The molecule has 1 heterocycles. The van der Waals surface area contributed by atoms with E-state index < -0.39 is 5.54 Å². The van der Waals surface area contributed by atoms with E-state index in [9.17, 15) is 0 Å². The molecule has 1 aromatic rings. The van der Waals surface area contributed by atoms with Crippen molar-refractivity contribution >= 4 is 11.6 Å². The molecular weight excluding hydrogens is 162 g/mol. The molecular formula is C7H10ClN3. The Hall–Kier alpha value is -0.670. The van der Waals surface area contributed by atoms with E-state index in [1.165, 1.54) is 0 Å². The Morgan fingerprint density at radius 3 is 2.36 bits per heavy atom. The zero-order valence-electron chi connectivity index (χ0n) is 6.50. The average molecular weight is 172 g/mol. The highest BCUT2D eigenvalue weighted by atomic mass is 35.5. The Kier molecular flexibility index (Phi) is 2.11. The van der Waals surface area contributed by atoms with Crippen LogP contribution in [0.3, 0.4) is 0 Å². The van der Waals surface area contributed by atoms with Crippen molar-refractivity contribution < 1.29 is 0 Å². The summed E-state index contributed by atoms with van der Waals surface area (Å²) >= 11 is 5.55. The topological polar surface area (TPSA) is 51.8 Å². The molecule has 0 radical (unpaired) electrons. The quantitative estimate of drug-likeness (QED) is 0.694. The maximum absolute atomic E-state index is 5.76. The molecule has 0 aliphatic rings. The van der Waals surface area contributed by atoms with Crippen LogP contribution < -0.4 is 5.73 Å². The van der Waals surface area contributed by atoms with E-state index in [1.807, 2.05) is 13.8 Å². The van der Waals surface area contributed by atoms with Gasteiger partial charge in [0.15, 0.2) is 5.15 Å². The van der Waals surface area contributed by atoms with Gasteiger partial charge in [0.05, 0.1) is 11.2 Å². The number of hydrogen-bond acceptors (Lipinski definition) is 3. The van der Waals surface area contributed by atoms with Crippen LogP contribution in [-0.2, 0) is 5.54 Å². The smallest absolute Gasteiger partial charge is 0.151 e. The second kappa shape index (κ2) is 2.75. The number of aromatic nitrogens is 2. The van der Waals surface area contributed by atoms with Gasteiger partial charge < -0.3 is 5.73 Å². The summed E-state index contributed by atoms with van der Waals surface area (Å²) in [5, 5.41) is 7.91. The van der Waals surface area contributed by atoms with Crippen LogP contribution in [0.2, 0.25) is 5.15 Å². The first-order valence-electron chi connectivity index (χ1n) is 3.29. The molecule has 0 bridgehead atoms. The van der Waals surface area contributed by atoms with Gasteiger partial charge >= 0.3 is 0 Å². The van der Waals surface area contributed by atoms with Crippen molar-refractivity contribution in [3.63, 3.8) is 0 Å².